The Morgan fingerprint density at radius 1 is 1.25 bits per heavy atom. The maximum absolute atomic E-state index is 7.46. The number of thiophene rings is 1. The van der Waals surface area contributed by atoms with Gasteiger partial charge in [0.1, 0.15) is 18.2 Å². The molecule has 2 heterocycles. The summed E-state index contributed by atoms with van der Waals surface area (Å²) in [6.45, 7) is 0.442. The largest absolute Gasteiger partial charge is 0.487 e. The van der Waals surface area contributed by atoms with Crippen LogP contribution in [0.4, 0.5) is 0 Å². The quantitative estimate of drug-likeness (QED) is 0.570. The van der Waals surface area contributed by atoms with Gasteiger partial charge in [-0.05, 0) is 41.8 Å². The second kappa shape index (κ2) is 5.30. The van der Waals surface area contributed by atoms with Crippen LogP contribution in [-0.4, -0.2) is 10.8 Å². The van der Waals surface area contributed by atoms with Crippen molar-refractivity contribution in [2.45, 2.75) is 6.61 Å². The molecular formula is C15H13N3OS. The molecule has 100 valence electrons. The summed E-state index contributed by atoms with van der Waals surface area (Å²) in [7, 11) is 0. The Morgan fingerprint density at radius 2 is 2.15 bits per heavy atom. The lowest BCUT2D eigenvalue weighted by Crippen LogP contribution is -2.08. The van der Waals surface area contributed by atoms with Crippen molar-refractivity contribution in [2.24, 2.45) is 5.73 Å². The van der Waals surface area contributed by atoms with Crippen LogP contribution in [0.5, 0.6) is 5.75 Å². The molecule has 2 aromatic heterocycles. The van der Waals surface area contributed by atoms with E-state index in [0.717, 1.165) is 26.4 Å². The summed E-state index contributed by atoms with van der Waals surface area (Å²) in [5.41, 5.74) is 6.40. The third kappa shape index (κ3) is 2.62. The Morgan fingerprint density at radius 3 is 2.90 bits per heavy atom. The molecule has 3 aromatic rings. The van der Waals surface area contributed by atoms with Gasteiger partial charge in [-0.25, -0.2) is 0 Å². The van der Waals surface area contributed by atoms with E-state index in [1.807, 2.05) is 42.5 Å². The minimum Gasteiger partial charge on any atom is -0.487 e. The lowest BCUT2D eigenvalue weighted by atomic mass is 10.2. The number of rotatable bonds is 4. The number of fused-ring (bicyclic) bond motifs is 1. The van der Waals surface area contributed by atoms with Crippen LogP contribution in [0.2, 0.25) is 0 Å². The second-order valence-electron chi connectivity index (χ2n) is 4.33. The first-order valence-electron chi connectivity index (χ1n) is 6.13. The van der Waals surface area contributed by atoms with Gasteiger partial charge in [-0.3, -0.25) is 10.4 Å². The minimum absolute atomic E-state index is 0.0992. The van der Waals surface area contributed by atoms with Crippen molar-refractivity contribution >= 4 is 27.3 Å². The first-order valence-corrected chi connectivity index (χ1v) is 6.95. The minimum atomic E-state index is 0.0992. The van der Waals surface area contributed by atoms with Crippen molar-refractivity contribution < 1.29 is 4.74 Å². The molecule has 0 spiro atoms. The Bertz CT molecular complexity index is 752. The molecule has 3 N–H and O–H groups in total. The van der Waals surface area contributed by atoms with Crippen LogP contribution in [0.25, 0.3) is 10.1 Å². The van der Waals surface area contributed by atoms with Gasteiger partial charge in [0.2, 0.25) is 0 Å². The first-order chi connectivity index (χ1) is 9.72. The molecule has 0 amide bonds. The molecule has 3 rings (SSSR count). The second-order valence-corrected chi connectivity index (χ2v) is 5.42. The normalized spacial score (nSPS) is 10.6. The van der Waals surface area contributed by atoms with E-state index in [1.165, 1.54) is 11.3 Å². The van der Waals surface area contributed by atoms with E-state index in [9.17, 15) is 0 Å². The van der Waals surface area contributed by atoms with Gasteiger partial charge in [0.15, 0.2) is 0 Å². The molecule has 0 radical (unpaired) electrons. The molecule has 0 saturated carbocycles. The maximum Gasteiger partial charge on any atom is 0.133 e. The van der Waals surface area contributed by atoms with Crippen molar-refractivity contribution in [3.05, 3.63) is 59.2 Å². The molecule has 0 fully saturated rings. The van der Waals surface area contributed by atoms with Gasteiger partial charge in [-0.1, -0.05) is 6.07 Å². The third-order valence-corrected chi connectivity index (χ3v) is 4.00. The lowest BCUT2D eigenvalue weighted by Gasteiger charge is -2.05. The zero-order valence-electron chi connectivity index (χ0n) is 10.7. The van der Waals surface area contributed by atoms with Crippen LogP contribution in [0, 0.1) is 5.41 Å². The summed E-state index contributed by atoms with van der Waals surface area (Å²) in [4.78, 5) is 5.00. The predicted octanol–water partition coefficient (Wildman–Crippen LogP) is 3.16. The molecule has 0 unspecified atom stereocenters. The number of nitrogens with one attached hydrogen (secondary N) is 1. The number of aromatic nitrogens is 1. The van der Waals surface area contributed by atoms with Crippen molar-refractivity contribution in [3.8, 4) is 5.75 Å². The molecule has 0 atom stereocenters. The number of nitrogens with zero attached hydrogens (tertiary/aromatic N) is 1. The van der Waals surface area contributed by atoms with Gasteiger partial charge >= 0.3 is 0 Å². The van der Waals surface area contributed by atoms with Crippen molar-refractivity contribution in [1.29, 1.82) is 5.41 Å². The number of hydrogen-bond donors (Lipinski definition) is 2. The highest BCUT2D eigenvalue weighted by Gasteiger charge is 2.05. The van der Waals surface area contributed by atoms with Gasteiger partial charge in [0, 0.05) is 10.9 Å². The van der Waals surface area contributed by atoms with Gasteiger partial charge in [0.25, 0.3) is 0 Å². The van der Waals surface area contributed by atoms with Crippen LogP contribution >= 0.6 is 11.3 Å². The van der Waals surface area contributed by atoms with Gasteiger partial charge in [-0.2, -0.15) is 0 Å². The Hall–Kier alpha value is -2.40. The molecule has 0 aliphatic carbocycles. The summed E-state index contributed by atoms with van der Waals surface area (Å²) < 4.78 is 6.79. The van der Waals surface area contributed by atoms with E-state index in [2.05, 4.69) is 4.98 Å². The average molecular weight is 283 g/mol. The molecule has 20 heavy (non-hydrogen) atoms. The van der Waals surface area contributed by atoms with Crippen LogP contribution in [0.15, 0.2) is 48.7 Å². The highest BCUT2D eigenvalue weighted by molar-refractivity contribution is 7.20. The number of pyridine rings is 1. The van der Waals surface area contributed by atoms with E-state index in [-0.39, 0.29) is 5.84 Å². The smallest absolute Gasteiger partial charge is 0.133 e. The number of hydrogen-bond acceptors (Lipinski definition) is 4. The topological polar surface area (TPSA) is 72.0 Å². The average Bonchev–Trinajstić information content (AvgIpc) is 2.89. The number of benzene rings is 1. The van der Waals surface area contributed by atoms with Crippen molar-refractivity contribution in [2.75, 3.05) is 0 Å². The first kappa shape index (κ1) is 12.6. The fourth-order valence-corrected chi connectivity index (χ4v) is 2.83. The zero-order valence-corrected chi connectivity index (χ0v) is 11.5. The molecule has 0 aliphatic heterocycles. The van der Waals surface area contributed by atoms with E-state index < -0.39 is 0 Å². The predicted molar refractivity (Wildman–Crippen MR) is 81.4 cm³/mol. The standard InChI is InChI=1S/C15H13N3OS/c16-15(17)14-7-10-4-5-12(8-13(10)20-14)19-9-11-3-1-2-6-18-11/h1-8H,9H2,(H3,16,17). The fraction of sp³-hybridized carbons (Fsp3) is 0.0667. The lowest BCUT2D eigenvalue weighted by molar-refractivity contribution is 0.302. The number of amidine groups is 1. The highest BCUT2D eigenvalue weighted by atomic mass is 32.1. The molecule has 1 aromatic carbocycles. The summed E-state index contributed by atoms with van der Waals surface area (Å²) >= 11 is 1.50. The number of ether oxygens (including phenoxy) is 1. The number of nitrogen functional groups attached to an aromatic ring is 1. The maximum atomic E-state index is 7.46. The molecule has 5 heteroatoms. The van der Waals surface area contributed by atoms with E-state index in [1.54, 1.807) is 6.20 Å². The number of nitrogens with two attached hydrogens (primary N) is 1. The Kier molecular flexibility index (Phi) is 3.35. The van der Waals surface area contributed by atoms with Crippen molar-refractivity contribution in [1.82, 2.24) is 4.98 Å². The Balaban J connectivity index is 1.80. The summed E-state index contributed by atoms with van der Waals surface area (Å²) in [6.07, 6.45) is 1.75. The summed E-state index contributed by atoms with van der Waals surface area (Å²) in [6, 6.07) is 13.5. The van der Waals surface area contributed by atoms with Crippen LogP contribution in [0.3, 0.4) is 0 Å². The molecule has 0 aliphatic rings. The fourth-order valence-electron chi connectivity index (χ4n) is 1.87. The van der Waals surface area contributed by atoms with Crippen LogP contribution in [-0.2, 0) is 6.61 Å². The van der Waals surface area contributed by atoms with Crippen LogP contribution in [0.1, 0.15) is 10.6 Å². The van der Waals surface area contributed by atoms with Crippen LogP contribution < -0.4 is 10.5 Å². The Labute approximate surface area is 120 Å². The molecular weight excluding hydrogens is 270 g/mol. The summed E-state index contributed by atoms with van der Waals surface area (Å²) in [5.74, 6) is 0.891. The third-order valence-electron chi connectivity index (χ3n) is 2.87. The molecule has 0 bridgehead atoms. The molecule has 0 saturated heterocycles. The molecule has 4 nitrogen and oxygen atoms in total. The van der Waals surface area contributed by atoms with Gasteiger partial charge in [-0.15, -0.1) is 11.3 Å². The van der Waals surface area contributed by atoms with Gasteiger partial charge in [0.05, 0.1) is 10.6 Å². The highest BCUT2D eigenvalue weighted by Crippen LogP contribution is 2.29. The zero-order chi connectivity index (χ0) is 13.9. The van der Waals surface area contributed by atoms with E-state index in [0.29, 0.717) is 6.61 Å². The SMILES string of the molecule is N=C(N)c1cc2ccc(OCc3ccccn3)cc2s1. The van der Waals surface area contributed by atoms with E-state index >= 15 is 0 Å². The van der Waals surface area contributed by atoms with Gasteiger partial charge < -0.3 is 10.5 Å². The van der Waals surface area contributed by atoms with E-state index in [4.69, 9.17) is 15.9 Å². The monoisotopic (exact) mass is 283 g/mol. The summed E-state index contributed by atoms with van der Waals surface area (Å²) in [5, 5.41) is 8.54. The van der Waals surface area contributed by atoms with Crippen molar-refractivity contribution in [3.63, 3.8) is 0 Å².